The van der Waals surface area contributed by atoms with E-state index in [1.54, 1.807) is 0 Å². The number of ether oxygens (including phenoxy) is 3. The van der Waals surface area contributed by atoms with E-state index in [1.165, 1.54) is 0 Å². The van der Waals surface area contributed by atoms with Crippen LogP contribution in [-0.2, 0) is 14.2 Å². The van der Waals surface area contributed by atoms with Gasteiger partial charge in [0.25, 0.3) is 0 Å². The zero-order valence-electron chi connectivity index (χ0n) is 12.8. The second-order valence-corrected chi connectivity index (χ2v) is 6.05. The Bertz CT molecular complexity index is 424. The van der Waals surface area contributed by atoms with Crippen LogP contribution in [0.4, 0.5) is 4.39 Å². The first-order chi connectivity index (χ1) is 11.2. The Hall–Kier alpha value is -0.470. The highest BCUT2D eigenvalue weighted by Crippen LogP contribution is 2.35. The first-order valence-corrected chi connectivity index (χ1v) is 7.43. The molecule has 10 nitrogen and oxygen atoms in total. The van der Waals surface area contributed by atoms with Gasteiger partial charge in [-0.3, -0.25) is 0 Å². The molecule has 0 bridgehead atoms. The van der Waals surface area contributed by atoms with Crippen molar-refractivity contribution in [2.75, 3.05) is 13.2 Å². The summed E-state index contributed by atoms with van der Waals surface area (Å²) in [5.41, 5.74) is 0. The lowest BCUT2D eigenvalue weighted by Crippen LogP contribution is -2.67. The largest absolute Gasteiger partial charge is 0.394 e. The van der Waals surface area contributed by atoms with E-state index >= 15 is 0 Å². The molecule has 9 unspecified atom stereocenters. The number of aliphatic hydroxyl groups excluding tert-OH is 7. The van der Waals surface area contributed by atoms with Crippen molar-refractivity contribution in [2.45, 2.75) is 67.9 Å². The molecule has 0 radical (unpaired) electrons. The molecule has 0 aromatic rings. The molecule has 11 heteroatoms. The topological polar surface area (TPSA) is 169 Å². The normalized spacial score (nSPS) is 53.1. The van der Waals surface area contributed by atoms with Crippen LogP contribution in [0.25, 0.3) is 0 Å². The number of alkyl halides is 1. The maximum absolute atomic E-state index is 14.2. The highest BCUT2D eigenvalue weighted by molar-refractivity contribution is 4.97. The second-order valence-electron chi connectivity index (χ2n) is 6.05. The molecule has 0 aliphatic carbocycles. The zero-order valence-corrected chi connectivity index (χ0v) is 12.8. The van der Waals surface area contributed by atoms with Crippen molar-refractivity contribution in [1.29, 1.82) is 0 Å². The van der Waals surface area contributed by atoms with Crippen LogP contribution in [-0.4, -0.2) is 110 Å². The first-order valence-electron chi connectivity index (χ1n) is 7.43. The second kappa shape index (κ2) is 7.41. The molecule has 24 heavy (non-hydrogen) atoms. The quantitative estimate of drug-likeness (QED) is 0.263. The Kier molecular flexibility index (Phi) is 6.13. The minimum Gasteiger partial charge on any atom is -0.394 e. The monoisotopic (exact) mass is 358 g/mol. The summed E-state index contributed by atoms with van der Waals surface area (Å²) in [7, 11) is 0. The van der Waals surface area contributed by atoms with Gasteiger partial charge in [-0.15, -0.1) is 0 Å². The fraction of sp³-hybridized carbons (Fsp3) is 1.00. The van der Waals surface area contributed by atoms with E-state index in [4.69, 9.17) is 24.4 Å². The molecule has 0 saturated carbocycles. The Morgan fingerprint density at radius 2 is 1.46 bits per heavy atom. The van der Waals surface area contributed by atoms with Crippen LogP contribution in [0, 0.1) is 0 Å². The van der Waals surface area contributed by atoms with Gasteiger partial charge >= 0.3 is 0 Å². The van der Waals surface area contributed by atoms with Gasteiger partial charge in [-0.2, -0.15) is 0 Å². The van der Waals surface area contributed by atoms with Crippen LogP contribution in [0.15, 0.2) is 0 Å². The summed E-state index contributed by atoms with van der Waals surface area (Å²) in [5, 5.41) is 67.1. The van der Waals surface area contributed by atoms with Crippen LogP contribution >= 0.6 is 0 Å². The summed E-state index contributed by atoms with van der Waals surface area (Å²) in [5.74, 6) is -2.09. The van der Waals surface area contributed by atoms with Crippen LogP contribution < -0.4 is 0 Å². The van der Waals surface area contributed by atoms with E-state index in [1.807, 2.05) is 0 Å². The predicted octanol–water partition coefficient (Wildman–Crippen LogP) is -4.03. The van der Waals surface area contributed by atoms with Crippen LogP contribution in [0.5, 0.6) is 0 Å². The molecule has 0 aromatic heterocycles. The van der Waals surface area contributed by atoms with Crippen molar-refractivity contribution >= 4 is 0 Å². The van der Waals surface area contributed by atoms with Crippen LogP contribution in [0.1, 0.15) is 6.92 Å². The molecule has 2 heterocycles. The van der Waals surface area contributed by atoms with Gasteiger partial charge in [-0.1, -0.05) is 0 Å². The van der Waals surface area contributed by atoms with Crippen LogP contribution in [0.2, 0.25) is 0 Å². The summed E-state index contributed by atoms with van der Waals surface area (Å²) >= 11 is 0. The van der Waals surface area contributed by atoms with Crippen LogP contribution in [0.3, 0.4) is 0 Å². The molecule has 0 amide bonds. The third-order valence-electron chi connectivity index (χ3n) is 4.31. The van der Waals surface area contributed by atoms with Gasteiger partial charge in [-0.25, -0.2) is 4.39 Å². The Morgan fingerprint density at radius 1 is 0.917 bits per heavy atom. The summed E-state index contributed by atoms with van der Waals surface area (Å²) in [6.45, 7) is -0.322. The van der Waals surface area contributed by atoms with Crippen molar-refractivity contribution in [3.05, 3.63) is 0 Å². The number of hydrogen-bond donors (Lipinski definition) is 7. The Labute approximate surface area is 136 Å². The summed E-state index contributed by atoms with van der Waals surface area (Å²) in [4.78, 5) is 0. The maximum atomic E-state index is 14.2. The Balaban J connectivity index is 2.18. The first kappa shape index (κ1) is 19.8. The lowest BCUT2D eigenvalue weighted by atomic mass is 9.93. The third-order valence-corrected chi connectivity index (χ3v) is 4.31. The molecule has 7 N–H and O–H groups in total. The van der Waals surface area contributed by atoms with Gasteiger partial charge in [0.05, 0.1) is 13.2 Å². The van der Waals surface area contributed by atoms with E-state index in [0.717, 1.165) is 6.92 Å². The van der Waals surface area contributed by atoms with Gasteiger partial charge < -0.3 is 50.0 Å². The molecular weight excluding hydrogens is 335 g/mol. The predicted molar refractivity (Wildman–Crippen MR) is 72.1 cm³/mol. The Morgan fingerprint density at radius 3 is 2.00 bits per heavy atom. The number of rotatable bonds is 4. The van der Waals surface area contributed by atoms with Gasteiger partial charge in [0.15, 0.2) is 18.2 Å². The standard InChI is InChI=1S/C13H23FO10/c1-13(11(21)10(20)8(18)5(3-16)23-13)24-12-6(14)9(19)7(17)4(2-15)22-12/h4-12,15-21H,2-3H2,1H3/t4-,5?,6?,7?,8?,9?,10?,11?,12?,13?/m1/s1. The van der Waals surface area contributed by atoms with E-state index in [2.05, 4.69) is 0 Å². The molecule has 2 aliphatic heterocycles. The van der Waals surface area contributed by atoms with Gasteiger partial charge in [0, 0.05) is 0 Å². The fourth-order valence-electron chi connectivity index (χ4n) is 2.77. The van der Waals surface area contributed by atoms with Gasteiger partial charge in [0.2, 0.25) is 0 Å². The highest BCUT2D eigenvalue weighted by atomic mass is 19.1. The minimum atomic E-state index is -2.24. The van der Waals surface area contributed by atoms with Gasteiger partial charge in [-0.05, 0) is 6.92 Å². The molecule has 2 rings (SSSR count). The smallest absolute Gasteiger partial charge is 0.197 e. The molecule has 2 aliphatic rings. The summed E-state index contributed by atoms with van der Waals surface area (Å²) in [6, 6.07) is 0. The molecule has 10 atom stereocenters. The van der Waals surface area contributed by atoms with Crippen molar-refractivity contribution in [2.24, 2.45) is 0 Å². The molecular formula is C13H23FO10. The SMILES string of the molecule is CC1(OC2O[C@H](CO)C(O)C(O)C2F)OC(CO)C(O)C(O)C1O. The molecule has 2 fully saturated rings. The summed E-state index contributed by atoms with van der Waals surface area (Å²) in [6.07, 6.45) is -15.6. The maximum Gasteiger partial charge on any atom is 0.197 e. The van der Waals surface area contributed by atoms with E-state index < -0.39 is 74.2 Å². The van der Waals surface area contributed by atoms with Crippen molar-refractivity contribution in [3.8, 4) is 0 Å². The third kappa shape index (κ3) is 3.42. The molecule has 0 aromatic carbocycles. The number of halogens is 1. The molecule has 0 spiro atoms. The van der Waals surface area contributed by atoms with E-state index in [-0.39, 0.29) is 0 Å². The number of hydrogen-bond acceptors (Lipinski definition) is 10. The molecule has 142 valence electrons. The molecule has 2 saturated heterocycles. The fourth-order valence-corrected chi connectivity index (χ4v) is 2.77. The summed E-state index contributed by atoms with van der Waals surface area (Å²) < 4.78 is 29.6. The number of aliphatic hydroxyl groups is 7. The van der Waals surface area contributed by atoms with Crippen molar-refractivity contribution in [3.63, 3.8) is 0 Å². The lowest BCUT2D eigenvalue weighted by Gasteiger charge is -2.49. The van der Waals surface area contributed by atoms with Gasteiger partial charge in [0.1, 0.15) is 42.7 Å². The van der Waals surface area contributed by atoms with E-state index in [9.17, 15) is 29.9 Å². The highest BCUT2D eigenvalue weighted by Gasteiger charge is 2.55. The average molecular weight is 358 g/mol. The van der Waals surface area contributed by atoms with E-state index in [0.29, 0.717) is 0 Å². The van der Waals surface area contributed by atoms with Crippen molar-refractivity contribution < 1.29 is 54.3 Å². The van der Waals surface area contributed by atoms with Crippen molar-refractivity contribution in [1.82, 2.24) is 0 Å². The lowest BCUT2D eigenvalue weighted by molar-refractivity contribution is -0.412. The minimum absolute atomic E-state index is 0.713. The zero-order chi connectivity index (χ0) is 18.2. The average Bonchev–Trinajstić information content (AvgIpc) is 2.57.